The van der Waals surface area contributed by atoms with Gasteiger partial charge in [-0.05, 0) is 30.8 Å². The number of rotatable bonds is 5. The molecule has 120 valence electrons. The molecule has 1 aliphatic heterocycles. The van der Waals surface area contributed by atoms with Gasteiger partial charge in [0, 0.05) is 49.3 Å². The summed E-state index contributed by atoms with van der Waals surface area (Å²) in [6.07, 6.45) is 0. The summed E-state index contributed by atoms with van der Waals surface area (Å²) in [4.78, 5) is 8.14. The van der Waals surface area contributed by atoms with Gasteiger partial charge in [0.05, 0.1) is 25.0 Å². The highest BCUT2D eigenvalue weighted by Gasteiger charge is 2.19. The molecule has 1 aliphatic rings. The topological polar surface area (TPSA) is 31.5 Å². The van der Waals surface area contributed by atoms with Gasteiger partial charge in [-0.1, -0.05) is 0 Å². The SMILES string of the molecule is COc1ccc2[nH]c(CSF)c(CN3CCN(C)CC3)c2c1. The van der Waals surface area contributed by atoms with Crippen LogP contribution in [0.5, 0.6) is 5.75 Å². The zero-order valence-electron chi connectivity index (χ0n) is 13.1. The number of nitrogens with one attached hydrogen (secondary N) is 1. The van der Waals surface area contributed by atoms with Gasteiger partial charge in [-0.15, -0.1) is 0 Å². The largest absolute Gasteiger partial charge is 0.497 e. The summed E-state index contributed by atoms with van der Waals surface area (Å²) in [6, 6.07) is 5.99. The summed E-state index contributed by atoms with van der Waals surface area (Å²) in [5.41, 5.74) is 3.23. The predicted molar refractivity (Wildman–Crippen MR) is 90.0 cm³/mol. The smallest absolute Gasteiger partial charge is 0.119 e. The van der Waals surface area contributed by atoms with Crippen LogP contribution in [0.15, 0.2) is 18.2 Å². The molecule has 22 heavy (non-hydrogen) atoms. The van der Waals surface area contributed by atoms with E-state index >= 15 is 0 Å². The molecule has 4 nitrogen and oxygen atoms in total. The fourth-order valence-corrected chi connectivity index (χ4v) is 3.35. The number of hydrogen-bond donors (Lipinski definition) is 1. The Bertz CT molecular complexity index is 638. The molecule has 0 unspecified atom stereocenters. The number of ether oxygens (including phenoxy) is 1. The lowest BCUT2D eigenvalue weighted by molar-refractivity contribution is 0.148. The molecular weight excluding hydrogens is 301 g/mol. The number of likely N-dealkylation sites (N-methyl/N-ethyl adjacent to an activating group) is 1. The Morgan fingerprint density at radius 2 is 2.05 bits per heavy atom. The van der Waals surface area contributed by atoms with Crippen molar-refractivity contribution < 1.29 is 8.62 Å². The average molecular weight is 323 g/mol. The summed E-state index contributed by atoms with van der Waals surface area (Å²) >= 11 is 0.367. The molecule has 2 heterocycles. The number of halogens is 1. The van der Waals surface area contributed by atoms with Gasteiger partial charge in [0.2, 0.25) is 0 Å². The summed E-state index contributed by atoms with van der Waals surface area (Å²) < 4.78 is 18.2. The normalized spacial score (nSPS) is 17.2. The summed E-state index contributed by atoms with van der Waals surface area (Å²) in [5, 5.41) is 1.14. The van der Waals surface area contributed by atoms with Crippen molar-refractivity contribution in [1.29, 1.82) is 0 Å². The highest BCUT2D eigenvalue weighted by molar-refractivity contribution is 7.93. The van der Waals surface area contributed by atoms with Gasteiger partial charge in [-0.25, -0.2) is 0 Å². The standard InChI is InChI=1S/C16H22FN3OS/c1-19-5-7-20(8-6-19)10-14-13-9-12(21-2)3-4-15(13)18-16(14)11-22-17/h3-4,9,18H,5-8,10-11H2,1-2H3. The van der Waals surface area contributed by atoms with Crippen LogP contribution >= 0.6 is 12.1 Å². The number of hydrogen-bond acceptors (Lipinski definition) is 4. The van der Waals surface area contributed by atoms with E-state index < -0.39 is 0 Å². The van der Waals surface area contributed by atoms with Gasteiger partial charge in [0.1, 0.15) is 5.75 Å². The molecule has 6 heteroatoms. The minimum absolute atomic E-state index is 0.361. The van der Waals surface area contributed by atoms with Crippen molar-refractivity contribution >= 4 is 23.1 Å². The first-order valence-electron chi connectivity index (χ1n) is 7.53. The van der Waals surface area contributed by atoms with E-state index in [4.69, 9.17) is 4.74 Å². The van der Waals surface area contributed by atoms with Crippen molar-refractivity contribution in [3.8, 4) is 5.75 Å². The third kappa shape index (κ3) is 3.24. The minimum Gasteiger partial charge on any atom is -0.497 e. The molecule has 1 fully saturated rings. The Kier molecular flexibility index (Phi) is 4.90. The van der Waals surface area contributed by atoms with Gasteiger partial charge in [0.25, 0.3) is 0 Å². The van der Waals surface area contributed by atoms with E-state index in [1.54, 1.807) is 7.11 Å². The van der Waals surface area contributed by atoms with Crippen molar-refractivity contribution in [1.82, 2.24) is 14.8 Å². The predicted octanol–water partition coefficient (Wildman–Crippen LogP) is 3.04. The number of H-pyrrole nitrogens is 1. The molecule has 0 saturated carbocycles. The number of aromatic amines is 1. The number of aromatic nitrogens is 1. The molecule has 0 amide bonds. The van der Waals surface area contributed by atoms with Crippen LogP contribution in [-0.2, 0) is 12.3 Å². The molecule has 1 N–H and O–H groups in total. The number of piperazine rings is 1. The minimum atomic E-state index is 0.361. The van der Waals surface area contributed by atoms with Gasteiger partial charge in [0.15, 0.2) is 0 Å². The lowest BCUT2D eigenvalue weighted by Gasteiger charge is -2.32. The molecular formula is C16H22FN3OS. The van der Waals surface area contributed by atoms with Crippen LogP contribution < -0.4 is 4.74 Å². The van der Waals surface area contributed by atoms with Crippen molar-refractivity contribution in [3.63, 3.8) is 0 Å². The van der Waals surface area contributed by atoms with E-state index in [9.17, 15) is 3.89 Å². The van der Waals surface area contributed by atoms with Gasteiger partial charge >= 0.3 is 0 Å². The van der Waals surface area contributed by atoms with E-state index in [2.05, 4.69) is 21.8 Å². The Morgan fingerprint density at radius 3 is 2.73 bits per heavy atom. The Hall–Kier alpha value is -1.24. The van der Waals surface area contributed by atoms with Crippen LogP contribution in [0.3, 0.4) is 0 Å². The lowest BCUT2D eigenvalue weighted by Crippen LogP contribution is -2.43. The second-order valence-electron chi connectivity index (χ2n) is 5.83. The third-order valence-corrected chi connectivity index (χ3v) is 4.78. The molecule has 1 saturated heterocycles. The highest BCUT2D eigenvalue weighted by Crippen LogP contribution is 2.30. The van der Waals surface area contributed by atoms with Crippen LogP contribution in [0, 0.1) is 0 Å². The number of methoxy groups -OCH3 is 1. The van der Waals surface area contributed by atoms with Crippen molar-refractivity contribution in [3.05, 3.63) is 29.5 Å². The summed E-state index contributed by atoms with van der Waals surface area (Å²) in [5.74, 6) is 1.20. The van der Waals surface area contributed by atoms with E-state index in [0.29, 0.717) is 17.9 Å². The molecule has 1 aromatic carbocycles. The Labute approximate surface area is 134 Å². The molecule has 0 bridgehead atoms. The monoisotopic (exact) mass is 323 g/mol. The van der Waals surface area contributed by atoms with Gasteiger partial charge < -0.3 is 14.6 Å². The first-order chi connectivity index (χ1) is 10.7. The van der Waals surface area contributed by atoms with Crippen molar-refractivity contribution in [2.45, 2.75) is 12.3 Å². The van der Waals surface area contributed by atoms with Crippen molar-refractivity contribution in [2.75, 3.05) is 40.3 Å². The van der Waals surface area contributed by atoms with Crippen LogP contribution in [0.1, 0.15) is 11.3 Å². The second kappa shape index (κ2) is 6.89. The zero-order valence-corrected chi connectivity index (χ0v) is 13.9. The molecule has 1 aromatic heterocycles. The maximum absolute atomic E-state index is 12.8. The van der Waals surface area contributed by atoms with Crippen LogP contribution in [0.2, 0.25) is 0 Å². The van der Waals surface area contributed by atoms with Gasteiger partial charge in [-0.2, -0.15) is 3.89 Å². The fraction of sp³-hybridized carbons (Fsp3) is 0.500. The molecule has 0 aliphatic carbocycles. The number of fused-ring (bicyclic) bond motifs is 1. The molecule has 0 radical (unpaired) electrons. The van der Waals surface area contributed by atoms with Crippen molar-refractivity contribution in [2.24, 2.45) is 0 Å². The molecule has 3 rings (SSSR count). The first kappa shape index (κ1) is 15.6. The second-order valence-corrected chi connectivity index (χ2v) is 6.33. The molecule has 0 spiro atoms. The fourth-order valence-electron chi connectivity index (χ4n) is 3.00. The maximum Gasteiger partial charge on any atom is 0.119 e. The van der Waals surface area contributed by atoms with Crippen LogP contribution in [-0.4, -0.2) is 55.1 Å². The van der Waals surface area contributed by atoms with E-state index in [0.717, 1.165) is 55.1 Å². The number of benzene rings is 1. The maximum atomic E-state index is 12.8. The van der Waals surface area contributed by atoms with E-state index in [-0.39, 0.29) is 0 Å². The lowest BCUT2D eigenvalue weighted by atomic mass is 10.1. The van der Waals surface area contributed by atoms with Crippen LogP contribution in [0.4, 0.5) is 3.89 Å². The Balaban J connectivity index is 1.92. The summed E-state index contributed by atoms with van der Waals surface area (Å²) in [6.45, 7) is 5.12. The quantitative estimate of drug-likeness (QED) is 0.916. The summed E-state index contributed by atoms with van der Waals surface area (Å²) in [7, 11) is 3.82. The zero-order chi connectivity index (χ0) is 15.5. The van der Waals surface area contributed by atoms with Crippen LogP contribution in [0.25, 0.3) is 10.9 Å². The highest BCUT2D eigenvalue weighted by atomic mass is 32.2. The molecule has 2 aromatic rings. The number of nitrogens with zero attached hydrogens (tertiary/aromatic N) is 2. The van der Waals surface area contributed by atoms with Gasteiger partial charge in [-0.3, -0.25) is 4.90 Å². The van der Waals surface area contributed by atoms with E-state index in [1.807, 2.05) is 18.2 Å². The molecule has 0 atom stereocenters. The third-order valence-electron chi connectivity index (χ3n) is 4.38. The van der Waals surface area contributed by atoms with E-state index in [1.165, 1.54) is 5.56 Å². The average Bonchev–Trinajstić information content (AvgIpc) is 2.87. The Morgan fingerprint density at radius 1 is 1.27 bits per heavy atom. The first-order valence-corrected chi connectivity index (χ1v) is 8.41.